The topological polar surface area (TPSA) is 72.2 Å². The molecule has 2 rings (SSSR count). The molecule has 0 saturated carbocycles. The van der Waals surface area contributed by atoms with Crippen molar-refractivity contribution in [2.75, 3.05) is 10.5 Å². The Morgan fingerprint density at radius 3 is 2.55 bits per heavy atom. The van der Waals surface area contributed by atoms with Gasteiger partial charge in [-0.05, 0) is 42.8 Å². The summed E-state index contributed by atoms with van der Waals surface area (Å²) < 4.78 is 40.8. The van der Waals surface area contributed by atoms with Crippen LogP contribution >= 0.6 is 15.9 Å². The molecule has 0 fully saturated rings. The van der Waals surface area contributed by atoms with E-state index in [9.17, 15) is 12.8 Å². The van der Waals surface area contributed by atoms with Gasteiger partial charge in [-0.25, -0.2) is 12.8 Å². The monoisotopic (exact) mass is 358 g/mol. The smallest absolute Gasteiger partial charge is 0.264 e. The molecule has 20 heavy (non-hydrogen) atoms. The quantitative estimate of drug-likeness (QED) is 0.827. The van der Waals surface area contributed by atoms with Crippen LogP contribution in [0, 0.1) is 12.7 Å². The summed E-state index contributed by atoms with van der Waals surface area (Å²) in [7, 11) is -3.94. The Balaban J connectivity index is 2.43. The van der Waals surface area contributed by atoms with Gasteiger partial charge in [0.15, 0.2) is 0 Å². The second-order valence-electron chi connectivity index (χ2n) is 4.27. The summed E-state index contributed by atoms with van der Waals surface area (Å²) >= 11 is 3.16. The number of sulfonamides is 1. The molecule has 0 saturated heterocycles. The first-order chi connectivity index (χ1) is 9.29. The maximum atomic E-state index is 13.6. The first-order valence-corrected chi connectivity index (χ1v) is 7.91. The molecule has 0 unspecified atom stereocenters. The van der Waals surface area contributed by atoms with E-state index in [1.165, 1.54) is 24.3 Å². The van der Waals surface area contributed by atoms with Crippen molar-refractivity contribution in [3.05, 3.63) is 52.3 Å². The van der Waals surface area contributed by atoms with Crippen LogP contribution in [0.3, 0.4) is 0 Å². The molecule has 0 aliphatic carbocycles. The van der Waals surface area contributed by atoms with Gasteiger partial charge in [0.05, 0.1) is 11.4 Å². The standard InChI is InChI=1S/C13H12BrFN2O2S/c1-8-2-5-13(11(16)6-8)20(18,19)17-12-7-9(14)3-4-10(12)15/h2-7,17H,16H2,1H3. The average molecular weight is 359 g/mol. The Bertz CT molecular complexity index is 763. The van der Waals surface area contributed by atoms with Crippen molar-refractivity contribution in [2.45, 2.75) is 11.8 Å². The fraction of sp³-hybridized carbons (Fsp3) is 0.0769. The fourth-order valence-corrected chi connectivity index (χ4v) is 3.22. The first kappa shape index (κ1) is 14.8. The number of nitrogen functional groups attached to an aromatic ring is 1. The zero-order chi connectivity index (χ0) is 14.9. The number of rotatable bonds is 3. The van der Waals surface area contributed by atoms with Crippen molar-refractivity contribution in [3.8, 4) is 0 Å². The normalized spacial score (nSPS) is 11.3. The lowest BCUT2D eigenvalue weighted by Crippen LogP contribution is -2.15. The van der Waals surface area contributed by atoms with Gasteiger partial charge in [-0.15, -0.1) is 0 Å². The number of benzene rings is 2. The second-order valence-corrected chi connectivity index (χ2v) is 6.84. The first-order valence-electron chi connectivity index (χ1n) is 5.63. The van der Waals surface area contributed by atoms with Gasteiger partial charge < -0.3 is 5.73 Å². The largest absolute Gasteiger partial charge is 0.398 e. The van der Waals surface area contributed by atoms with E-state index in [-0.39, 0.29) is 16.3 Å². The molecule has 0 aromatic heterocycles. The van der Waals surface area contributed by atoms with E-state index in [0.717, 1.165) is 5.56 Å². The second kappa shape index (κ2) is 5.41. The maximum Gasteiger partial charge on any atom is 0.264 e. The minimum Gasteiger partial charge on any atom is -0.398 e. The lowest BCUT2D eigenvalue weighted by atomic mass is 10.2. The van der Waals surface area contributed by atoms with E-state index in [2.05, 4.69) is 20.7 Å². The van der Waals surface area contributed by atoms with E-state index < -0.39 is 15.8 Å². The molecule has 0 amide bonds. The van der Waals surface area contributed by atoms with Gasteiger partial charge in [0.2, 0.25) is 0 Å². The number of hydrogen-bond acceptors (Lipinski definition) is 3. The Morgan fingerprint density at radius 1 is 1.20 bits per heavy atom. The predicted molar refractivity (Wildman–Crippen MR) is 80.5 cm³/mol. The summed E-state index contributed by atoms with van der Waals surface area (Å²) in [6, 6.07) is 8.56. The van der Waals surface area contributed by atoms with Gasteiger partial charge in [0, 0.05) is 4.47 Å². The fourth-order valence-electron chi connectivity index (χ4n) is 1.69. The molecular formula is C13H12BrFN2O2S. The summed E-state index contributed by atoms with van der Waals surface area (Å²) in [6.07, 6.45) is 0. The highest BCUT2D eigenvalue weighted by Gasteiger charge is 2.19. The number of aryl methyl sites for hydroxylation is 1. The number of hydrogen-bond donors (Lipinski definition) is 2. The third-order valence-electron chi connectivity index (χ3n) is 2.63. The molecule has 0 spiro atoms. The van der Waals surface area contributed by atoms with Gasteiger partial charge in [-0.1, -0.05) is 22.0 Å². The van der Waals surface area contributed by atoms with Crippen LogP contribution in [0.2, 0.25) is 0 Å². The summed E-state index contributed by atoms with van der Waals surface area (Å²) in [5.74, 6) is -0.664. The minimum atomic E-state index is -3.94. The van der Waals surface area contributed by atoms with Crippen molar-refractivity contribution < 1.29 is 12.8 Å². The van der Waals surface area contributed by atoms with Gasteiger partial charge in [0.1, 0.15) is 10.7 Å². The van der Waals surface area contributed by atoms with E-state index in [1.807, 2.05) is 0 Å². The summed E-state index contributed by atoms with van der Waals surface area (Å²) in [6.45, 7) is 1.80. The zero-order valence-electron chi connectivity index (χ0n) is 10.5. The highest BCUT2D eigenvalue weighted by atomic mass is 79.9. The molecule has 4 nitrogen and oxygen atoms in total. The highest BCUT2D eigenvalue weighted by Crippen LogP contribution is 2.25. The summed E-state index contributed by atoms with van der Waals surface area (Å²) in [5, 5.41) is 0. The molecule has 0 heterocycles. The van der Waals surface area contributed by atoms with Gasteiger partial charge in [-0.2, -0.15) is 0 Å². The van der Waals surface area contributed by atoms with E-state index in [1.54, 1.807) is 19.1 Å². The average Bonchev–Trinajstić information content (AvgIpc) is 2.33. The lowest BCUT2D eigenvalue weighted by Gasteiger charge is -2.11. The lowest BCUT2D eigenvalue weighted by molar-refractivity contribution is 0.599. The Hall–Kier alpha value is -1.60. The van der Waals surface area contributed by atoms with Crippen molar-refractivity contribution in [2.24, 2.45) is 0 Å². The number of anilines is 2. The van der Waals surface area contributed by atoms with E-state index in [4.69, 9.17) is 5.73 Å². The number of nitrogens with one attached hydrogen (secondary N) is 1. The maximum absolute atomic E-state index is 13.6. The number of halogens is 2. The third-order valence-corrected chi connectivity index (χ3v) is 4.56. The van der Waals surface area contributed by atoms with Gasteiger partial charge in [0.25, 0.3) is 10.0 Å². The molecule has 0 atom stereocenters. The SMILES string of the molecule is Cc1ccc(S(=O)(=O)Nc2cc(Br)ccc2F)c(N)c1. The molecule has 0 aliphatic rings. The van der Waals surface area contributed by atoms with Crippen LogP contribution < -0.4 is 10.5 Å². The predicted octanol–water partition coefficient (Wildman–Crippen LogP) is 3.28. The molecule has 0 radical (unpaired) electrons. The molecule has 0 aliphatic heterocycles. The summed E-state index contributed by atoms with van der Waals surface area (Å²) in [5.41, 5.74) is 6.53. The van der Waals surface area contributed by atoms with Gasteiger partial charge >= 0.3 is 0 Å². The van der Waals surface area contributed by atoms with Crippen LogP contribution in [0.15, 0.2) is 45.8 Å². The van der Waals surface area contributed by atoms with Crippen LogP contribution in [-0.2, 0) is 10.0 Å². The van der Waals surface area contributed by atoms with Crippen molar-refractivity contribution >= 4 is 37.3 Å². The molecule has 0 bridgehead atoms. The summed E-state index contributed by atoms with van der Waals surface area (Å²) in [4.78, 5) is -0.0810. The van der Waals surface area contributed by atoms with Crippen molar-refractivity contribution in [3.63, 3.8) is 0 Å². The van der Waals surface area contributed by atoms with Gasteiger partial charge in [-0.3, -0.25) is 4.72 Å². The van der Waals surface area contributed by atoms with Crippen LogP contribution in [0.1, 0.15) is 5.56 Å². The number of nitrogens with two attached hydrogens (primary N) is 1. The van der Waals surface area contributed by atoms with Crippen molar-refractivity contribution in [1.29, 1.82) is 0 Å². The Kier molecular flexibility index (Phi) is 4.01. The molecule has 106 valence electrons. The zero-order valence-corrected chi connectivity index (χ0v) is 12.9. The van der Waals surface area contributed by atoms with E-state index >= 15 is 0 Å². The minimum absolute atomic E-state index is 0.0810. The molecule has 2 aromatic carbocycles. The third kappa shape index (κ3) is 3.10. The van der Waals surface area contributed by atoms with Crippen LogP contribution in [0.4, 0.5) is 15.8 Å². The van der Waals surface area contributed by atoms with Crippen molar-refractivity contribution in [1.82, 2.24) is 0 Å². The van der Waals surface area contributed by atoms with Crippen LogP contribution in [-0.4, -0.2) is 8.42 Å². The molecule has 3 N–H and O–H groups in total. The molecule has 2 aromatic rings. The van der Waals surface area contributed by atoms with Crippen LogP contribution in [0.5, 0.6) is 0 Å². The Labute approximate surface area is 125 Å². The molecule has 7 heteroatoms. The highest BCUT2D eigenvalue weighted by molar-refractivity contribution is 9.10. The molecular weight excluding hydrogens is 347 g/mol. The van der Waals surface area contributed by atoms with Crippen LogP contribution in [0.25, 0.3) is 0 Å². The Morgan fingerprint density at radius 2 is 1.90 bits per heavy atom. The van der Waals surface area contributed by atoms with E-state index in [0.29, 0.717) is 4.47 Å².